The maximum absolute atomic E-state index is 8.81. The monoisotopic (exact) mass is 239 g/mol. The van der Waals surface area contributed by atoms with Crippen molar-refractivity contribution in [3.05, 3.63) is 72.1 Å². The van der Waals surface area contributed by atoms with E-state index in [4.69, 9.17) is 10.00 Å². The molecule has 92 valence electrons. The lowest BCUT2D eigenvalue weighted by Crippen LogP contribution is -1.95. The molecule has 1 aliphatic rings. The summed E-state index contributed by atoms with van der Waals surface area (Å²) in [4.78, 5) is 0. The Morgan fingerprint density at radius 3 is 3.06 bits per heavy atom. The third-order valence-corrected chi connectivity index (χ3v) is 2.33. The lowest BCUT2D eigenvalue weighted by Gasteiger charge is -2.06. The Morgan fingerprint density at radius 2 is 2.39 bits per heavy atom. The third kappa shape index (κ3) is 4.71. The first kappa shape index (κ1) is 13.8. The van der Waals surface area contributed by atoms with Crippen molar-refractivity contribution in [1.82, 2.24) is 0 Å². The van der Waals surface area contributed by atoms with Gasteiger partial charge in [-0.25, -0.2) is 0 Å². The summed E-state index contributed by atoms with van der Waals surface area (Å²) in [6.07, 6.45) is 15.7. The van der Waals surface area contributed by atoms with Crippen molar-refractivity contribution in [2.45, 2.75) is 13.3 Å². The van der Waals surface area contributed by atoms with E-state index in [0.29, 0.717) is 13.0 Å². The van der Waals surface area contributed by atoms with Gasteiger partial charge in [0.15, 0.2) is 0 Å². The lowest BCUT2D eigenvalue weighted by atomic mass is 10.2. The first-order valence-corrected chi connectivity index (χ1v) is 5.84. The average molecular weight is 239 g/mol. The van der Waals surface area contributed by atoms with E-state index in [9.17, 15) is 0 Å². The number of nitriles is 1. The summed E-state index contributed by atoms with van der Waals surface area (Å²) in [7, 11) is 0. The molecule has 0 spiro atoms. The molecule has 1 aliphatic carbocycles. The van der Waals surface area contributed by atoms with Gasteiger partial charge in [0.05, 0.1) is 6.07 Å². The van der Waals surface area contributed by atoms with Crippen LogP contribution in [0.3, 0.4) is 0 Å². The van der Waals surface area contributed by atoms with E-state index in [1.165, 1.54) is 0 Å². The van der Waals surface area contributed by atoms with Crippen LogP contribution in [0, 0.1) is 11.3 Å². The van der Waals surface area contributed by atoms with Gasteiger partial charge in [-0.2, -0.15) is 5.26 Å². The van der Waals surface area contributed by atoms with Crippen LogP contribution in [0.4, 0.5) is 0 Å². The van der Waals surface area contributed by atoms with Crippen molar-refractivity contribution >= 4 is 0 Å². The molecule has 0 aromatic rings. The molecule has 0 amide bonds. The van der Waals surface area contributed by atoms with Crippen LogP contribution >= 0.6 is 0 Å². The van der Waals surface area contributed by atoms with E-state index >= 15 is 0 Å². The molecule has 0 heterocycles. The minimum atomic E-state index is 0.488. The number of rotatable bonds is 5. The summed E-state index contributed by atoms with van der Waals surface area (Å²) in [6.45, 7) is 6.12. The van der Waals surface area contributed by atoms with E-state index in [1.807, 2.05) is 43.4 Å². The zero-order valence-corrected chi connectivity index (χ0v) is 10.6. The highest BCUT2D eigenvalue weighted by atomic mass is 16.5. The van der Waals surface area contributed by atoms with Crippen LogP contribution in [0.15, 0.2) is 72.1 Å². The van der Waals surface area contributed by atoms with Crippen molar-refractivity contribution in [3.8, 4) is 6.07 Å². The molecule has 0 saturated carbocycles. The fourth-order valence-electron chi connectivity index (χ4n) is 1.47. The molecule has 0 bridgehead atoms. The van der Waals surface area contributed by atoms with Crippen LogP contribution < -0.4 is 0 Å². The smallest absolute Gasteiger partial charge is 0.119 e. The summed E-state index contributed by atoms with van der Waals surface area (Å²) in [6, 6.07) is 2.14. The predicted octanol–water partition coefficient (Wildman–Crippen LogP) is 3.99. The summed E-state index contributed by atoms with van der Waals surface area (Å²) >= 11 is 0. The Kier molecular flexibility index (Phi) is 6.07. The fraction of sp³-hybridized carbons (Fsp3) is 0.188. The standard InChI is InChI=1S/C16H17NO/c1-3-6-15(7-4-2)13-18-16-9-5-8-14(12-17)10-11-16/h3-7,9-11H,1,8,13H2,2H3/b7-4-,15-6+. The molecule has 0 aliphatic heterocycles. The summed E-state index contributed by atoms with van der Waals surface area (Å²) in [5, 5.41) is 8.81. The Hall–Kier alpha value is -2.27. The molecule has 1 rings (SSSR count). The van der Waals surface area contributed by atoms with Crippen LogP contribution in [0.25, 0.3) is 0 Å². The van der Waals surface area contributed by atoms with Gasteiger partial charge in [0, 0.05) is 12.0 Å². The fourth-order valence-corrected chi connectivity index (χ4v) is 1.47. The van der Waals surface area contributed by atoms with Gasteiger partial charge < -0.3 is 4.74 Å². The molecule has 2 nitrogen and oxygen atoms in total. The molecule has 0 aromatic heterocycles. The highest BCUT2D eigenvalue weighted by molar-refractivity contribution is 5.34. The van der Waals surface area contributed by atoms with Crippen molar-refractivity contribution in [3.63, 3.8) is 0 Å². The molecular formula is C16H17NO. The zero-order chi connectivity index (χ0) is 13.2. The van der Waals surface area contributed by atoms with Gasteiger partial charge >= 0.3 is 0 Å². The second kappa shape index (κ2) is 7.92. The summed E-state index contributed by atoms with van der Waals surface area (Å²) in [5.41, 5.74) is 1.79. The number of allylic oxidation sites excluding steroid dienone is 8. The SMILES string of the molecule is C=C/C=C(\C=C/C)COC1=CC=C(C#N)CC=C1. The van der Waals surface area contributed by atoms with Gasteiger partial charge in [-0.3, -0.25) is 0 Å². The zero-order valence-electron chi connectivity index (χ0n) is 10.6. The predicted molar refractivity (Wildman–Crippen MR) is 74.6 cm³/mol. The molecule has 2 heteroatoms. The van der Waals surface area contributed by atoms with Gasteiger partial charge in [0.2, 0.25) is 0 Å². The Morgan fingerprint density at radius 1 is 1.56 bits per heavy atom. The van der Waals surface area contributed by atoms with Crippen LogP contribution in [0.1, 0.15) is 13.3 Å². The number of hydrogen-bond donors (Lipinski definition) is 0. The molecular weight excluding hydrogens is 222 g/mol. The highest BCUT2D eigenvalue weighted by Crippen LogP contribution is 2.12. The summed E-state index contributed by atoms with van der Waals surface area (Å²) < 4.78 is 5.68. The van der Waals surface area contributed by atoms with Gasteiger partial charge in [-0.05, 0) is 30.7 Å². The minimum absolute atomic E-state index is 0.488. The lowest BCUT2D eigenvalue weighted by molar-refractivity contribution is 0.256. The normalized spacial score (nSPS) is 15.7. The number of nitrogens with zero attached hydrogens (tertiary/aromatic N) is 1. The van der Waals surface area contributed by atoms with Crippen molar-refractivity contribution in [1.29, 1.82) is 5.26 Å². The average Bonchev–Trinajstić information content (AvgIpc) is 2.61. The summed E-state index contributed by atoms with van der Waals surface area (Å²) in [5.74, 6) is 0.764. The largest absolute Gasteiger partial charge is 0.489 e. The number of hydrogen-bond acceptors (Lipinski definition) is 2. The molecule has 0 atom stereocenters. The molecule has 0 saturated heterocycles. The van der Waals surface area contributed by atoms with E-state index in [0.717, 1.165) is 16.9 Å². The highest BCUT2D eigenvalue weighted by Gasteiger charge is 2.00. The van der Waals surface area contributed by atoms with E-state index in [-0.39, 0.29) is 0 Å². The molecule has 0 N–H and O–H groups in total. The number of ether oxygens (including phenoxy) is 1. The minimum Gasteiger partial charge on any atom is -0.489 e. The maximum atomic E-state index is 8.81. The molecule has 0 fully saturated rings. The van der Waals surface area contributed by atoms with Gasteiger partial charge in [0.25, 0.3) is 0 Å². The molecule has 0 aromatic carbocycles. The Labute approximate surface area is 109 Å². The first-order chi connectivity index (χ1) is 8.80. The first-order valence-electron chi connectivity index (χ1n) is 5.84. The maximum Gasteiger partial charge on any atom is 0.119 e. The van der Waals surface area contributed by atoms with Crippen molar-refractivity contribution in [2.24, 2.45) is 0 Å². The molecule has 0 radical (unpaired) electrons. The van der Waals surface area contributed by atoms with Crippen molar-refractivity contribution in [2.75, 3.05) is 6.61 Å². The Balaban J connectivity index is 2.66. The van der Waals surface area contributed by atoms with Crippen LogP contribution in [0.5, 0.6) is 0 Å². The quantitative estimate of drug-likeness (QED) is 0.680. The van der Waals surface area contributed by atoms with Gasteiger partial charge in [-0.15, -0.1) is 0 Å². The molecule has 0 unspecified atom stereocenters. The van der Waals surface area contributed by atoms with Crippen LogP contribution in [-0.2, 0) is 4.74 Å². The second-order valence-electron chi connectivity index (χ2n) is 3.75. The third-order valence-electron chi connectivity index (χ3n) is 2.33. The second-order valence-corrected chi connectivity index (χ2v) is 3.75. The molecule has 18 heavy (non-hydrogen) atoms. The van der Waals surface area contributed by atoms with E-state index in [1.54, 1.807) is 12.2 Å². The van der Waals surface area contributed by atoms with Crippen LogP contribution in [-0.4, -0.2) is 6.61 Å². The van der Waals surface area contributed by atoms with E-state index < -0.39 is 0 Å². The van der Waals surface area contributed by atoms with Gasteiger partial charge in [-0.1, -0.05) is 37.0 Å². The van der Waals surface area contributed by atoms with E-state index in [2.05, 4.69) is 12.6 Å². The van der Waals surface area contributed by atoms with Crippen molar-refractivity contribution < 1.29 is 4.74 Å². The topological polar surface area (TPSA) is 33.0 Å². The van der Waals surface area contributed by atoms with Crippen LogP contribution in [0.2, 0.25) is 0 Å². The van der Waals surface area contributed by atoms with Gasteiger partial charge in [0.1, 0.15) is 12.4 Å². The Bertz CT molecular complexity index is 482.